The van der Waals surface area contributed by atoms with E-state index >= 15 is 0 Å². The summed E-state index contributed by atoms with van der Waals surface area (Å²) < 4.78 is 0. The second-order valence-electron chi connectivity index (χ2n) is 4.17. The quantitative estimate of drug-likeness (QED) is 0.729. The third-order valence-corrected chi connectivity index (χ3v) is 2.90. The Morgan fingerprint density at radius 3 is 2.72 bits per heavy atom. The largest absolute Gasteiger partial charge is 0.385 e. The molecule has 5 nitrogen and oxygen atoms in total. The van der Waals surface area contributed by atoms with Crippen LogP contribution >= 0.6 is 0 Å². The summed E-state index contributed by atoms with van der Waals surface area (Å²) in [4.78, 5) is 0. The van der Waals surface area contributed by atoms with E-state index in [4.69, 9.17) is 0 Å². The Hall–Kier alpha value is -2.27. The maximum atomic E-state index is 9.95. The third-order valence-electron chi connectivity index (χ3n) is 2.90. The van der Waals surface area contributed by atoms with Gasteiger partial charge in [-0.3, -0.25) is 0 Å². The molecule has 0 unspecified atom stereocenters. The summed E-state index contributed by atoms with van der Waals surface area (Å²) in [5.74, 6) is 0.322. The van der Waals surface area contributed by atoms with Crippen molar-refractivity contribution in [3.63, 3.8) is 0 Å². The van der Waals surface area contributed by atoms with Crippen LogP contribution in [-0.2, 0) is 6.42 Å². The molecule has 0 saturated heterocycles. The van der Waals surface area contributed by atoms with Gasteiger partial charge in [0.25, 0.3) is 0 Å². The molecule has 3 rings (SSSR count). The lowest BCUT2D eigenvalue weighted by atomic mass is 10.0. The van der Waals surface area contributed by atoms with Crippen molar-refractivity contribution in [3.05, 3.63) is 53.9 Å². The van der Waals surface area contributed by atoms with Crippen molar-refractivity contribution in [1.82, 2.24) is 20.6 Å². The first kappa shape index (κ1) is 10.9. The molecule has 2 N–H and O–H groups in total. The second kappa shape index (κ2) is 4.54. The maximum Gasteiger partial charge on any atom is 0.203 e. The summed E-state index contributed by atoms with van der Waals surface area (Å²) in [5, 5.41) is 25.6. The number of aromatic amines is 1. The Balaban J connectivity index is 1.86. The molecule has 0 radical (unpaired) electrons. The number of aliphatic hydroxyl groups excluding tert-OH is 1. The predicted molar refractivity (Wildman–Crippen MR) is 66.8 cm³/mol. The van der Waals surface area contributed by atoms with Crippen LogP contribution in [0.25, 0.3) is 10.8 Å². The third kappa shape index (κ3) is 2.08. The number of hydrogen-bond donors (Lipinski definition) is 2. The van der Waals surface area contributed by atoms with E-state index in [-0.39, 0.29) is 0 Å². The minimum absolute atomic E-state index is 0.322. The lowest BCUT2D eigenvalue weighted by Gasteiger charge is -2.07. The molecule has 5 heteroatoms. The highest BCUT2D eigenvalue weighted by molar-refractivity contribution is 5.82. The van der Waals surface area contributed by atoms with Gasteiger partial charge in [0.15, 0.2) is 0 Å². The van der Waals surface area contributed by atoms with E-state index < -0.39 is 6.10 Å². The lowest BCUT2D eigenvalue weighted by Crippen LogP contribution is -2.04. The van der Waals surface area contributed by atoms with Crippen LogP contribution in [0.2, 0.25) is 0 Å². The number of rotatable bonds is 3. The van der Waals surface area contributed by atoms with E-state index in [0.29, 0.717) is 12.2 Å². The standard InChI is InChI=1S/C13H12N4O/c18-12(13-14-16-17-15-13)8-9-5-6-10-3-1-2-4-11(10)7-9/h1-7,12,18H,8H2,(H,14,15,16,17)/t12-/m0/s1. The van der Waals surface area contributed by atoms with Crippen molar-refractivity contribution < 1.29 is 5.11 Å². The van der Waals surface area contributed by atoms with Gasteiger partial charge in [-0.2, -0.15) is 5.21 Å². The molecule has 0 aliphatic heterocycles. The molecule has 0 aliphatic rings. The van der Waals surface area contributed by atoms with E-state index in [1.807, 2.05) is 24.3 Å². The van der Waals surface area contributed by atoms with Crippen LogP contribution in [0.1, 0.15) is 17.5 Å². The van der Waals surface area contributed by atoms with Crippen LogP contribution in [0.5, 0.6) is 0 Å². The van der Waals surface area contributed by atoms with E-state index in [1.54, 1.807) is 0 Å². The molecule has 0 bridgehead atoms. The van der Waals surface area contributed by atoms with Gasteiger partial charge in [-0.05, 0) is 16.3 Å². The van der Waals surface area contributed by atoms with E-state index in [9.17, 15) is 5.11 Å². The highest BCUT2D eigenvalue weighted by Crippen LogP contribution is 2.19. The molecule has 0 amide bonds. The minimum atomic E-state index is -0.732. The Morgan fingerprint density at radius 2 is 1.94 bits per heavy atom. The number of H-pyrrole nitrogens is 1. The van der Waals surface area contributed by atoms with Gasteiger partial charge in [0.2, 0.25) is 5.82 Å². The summed E-state index contributed by atoms with van der Waals surface area (Å²) in [7, 11) is 0. The Kier molecular flexibility index (Phi) is 2.74. The molecular weight excluding hydrogens is 228 g/mol. The Labute approximate surface area is 103 Å². The molecule has 3 aromatic rings. The molecule has 0 fully saturated rings. The molecule has 0 saturated carbocycles. The predicted octanol–water partition coefficient (Wildman–Crippen LogP) is 1.63. The number of aromatic nitrogens is 4. The van der Waals surface area contributed by atoms with Gasteiger partial charge in [-0.1, -0.05) is 47.7 Å². The van der Waals surface area contributed by atoms with Gasteiger partial charge in [-0.25, -0.2) is 0 Å². The van der Waals surface area contributed by atoms with Gasteiger partial charge in [-0.15, -0.1) is 10.2 Å². The van der Waals surface area contributed by atoms with Crippen LogP contribution in [-0.4, -0.2) is 25.7 Å². The molecule has 1 atom stereocenters. The monoisotopic (exact) mass is 240 g/mol. The summed E-state index contributed by atoms with van der Waals surface area (Å²) in [6, 6.07) is 14.3. The lowest BCUT2D eigenvalue weighted by molar-refractivity contribution is 0.168. The molecular formula is C13H12N4O. The normalized spacial score (nSPS) is 12.7. The van der Waals surface area contributed by atoms with Crippen LogP contribution in [0.3, 0.4) is 0 Å². The number of nitrogens with zero attached hydrogens (tertiary/aromatic N) is 3. The van der Waals surface area contributed by atoms with Crippen LogP contribution in [0.4, 0.5) is 0 Å². The fourth-order valence-electron chi connectivity index (χ4n) is 1.99. The average Bonchev–Trinajstić information content (AvgIpc) is 2.92. The Morgan fingerprint density at radius 1 is 1.11 bits per heavy atom. The summed E-state index contributed by atoms with van der Waals surface area (Å²) >= 11 is 0. The molecule has 1 heterocycles. The van der Waals surface area contributed by atoms with Crippen molar-refractivity contribution in [2.24, 2.45) is 0 Å². The van der Waals surface area contributed by atoms with Crippen molar-refractivity contribution in [2.75, 3.05) is 0 Å². The van der Waals surface area contributed by atoms with E-state index in [2.05, 4.69) is 38.8 Å². The smallest absolute Gasteiger partial charge is 0.203 e. The number of benzene rings is 2. The topological polar surface area (TPSA) is 74.7 Å². The van der Waals surface area contributed by atoms with Crippen LogP contribution in [0.15, 0.2) is 42.5 Å². The van der Waals surface area contributed by atoms with E-state index in [0.717, 1.165) is 10.9 Å². The van der Waals surface area contributed by atoms with Gasteiger partial charge in [0.05, 0.1) is 0 Å². The number of tetrazole rings is 1. The molecule has 2 aromatic carbocycles. The van der Waals surface area contributed by atoms with Crippen molar-refractivity contribution >= 4 is 10.8 Å². The zero-order chi connectivity index (χ0) is 12.4. The first-order valence-corrected chi connectivity index (χ1v) is 5.72. The summed E-state index contributed by atoms with van der Waals surface area (Å²) in [6.45, 7) is 0. The van der Waals surface area contributed by atoms with E-state index in [1.165, 1.54) is 5.39 Å². The van der Waals surface area contributed by atoms with Crippen molar-refractivity contribution in [1.29, 1.82) is 0 Å². The fraction of sp³-hybridized carbons (Fsp3) is 0.154. The number of nitrogens with one attached hydrogen (secondary N) is 1. The van der Waals surface area contributed by atoms with Gasteiger partial charge >= 0.3 is 0 Å². The molecule has 0 spiro atoms. The number of hydrogen-bond acceptors (Lipinski definition) is 4. The van der Waals surface area contributed by atoms with Gasteiger partial charge < -0.3 is 5.11 Å². The number of aliphatic hydroxyl groups is 1. The number of fused-ring (bicyclic) bond motifs is 1. The SMILES string of the molecule is O[C@@H](Cc1ccc2ccccc2c1)c1nn[nH]n1. The minimum Gasteiger partial charge on any atom is -0.385 e. The first-order valence-electron chi connectivity index (χ1n) is 5.72. The highest BCUT2D eigenvalue weighted by atomic mass is 16.3. The molecule has 18 heavy (non-hydrogen) atoms. The van der Waals surface area contributed by atoms with Gasteiger partial charge in [0, 0.05) is 6.42 Å². The summed E-state index contributed by atoms with van der Waals surface area (Å²) in [5.41, 5.74) is 1.05. The molecule has 1 aromatic heterocycles. The maximum absolute atomic E-state index is 9.95. The summed E-state index contributed by atoms with van der Waals surface area (Å²) in [6.07, 6.45) is -0.255. The first-order chi connectivity index (χ1) is 8.83. The average molecular weight is 240 g/mol. The van der Waals surface area contributed by atoms with Crippen LogP contribution < -0.4 is 0 Å². The van der Waals surface area contributed by atoms with Crippen molar-refractivity contribution in [2.45, 2.75) is 12.5 Å². The second-order valence-corrected chi connectivity index (χ2v) is 4.17. The zero-order valence-electron chi connectivity index (χ0n) is 9.61. The van der Waals surface area contributed by atoms with Gasteiger partial charge in [0.1, 0.15) is 6.10 Å². The highest BCUT2D eigenvalue weighted by Gasteiger charge is 2.13. The zero-order valence-corrected chi connectivity index (χ0v) is 9.61. The Bertz CT molecular complexity index is 651. The molecule has 90 valence electrons. The fourth-order valence-corrected chi connectivity index (χ4v) is 1.99. The molecule has 0 aliphatic carbocycles. The van der Waals surface area contributed by atoms with Crippen LogP contribution in [0, 0.1) is 0 Å². The van der Waals surface area contributed by atoms with Crippen molar-refractivity contribution in [3.8, 4) is 0 Å².